The maximum atomic E-state index is 11.9. The summed E-state index contributed by atoms with van der Waals surface area (Å²) in [6, 6.07) is 3.98. The van der Waals surface area contributed by atoms with Gasteiger partial charge in [0.15, 0.2) is 9.84 Å². The lowest BCUT2D eigenvalue weighted by Gasteiger charge is -2.04. The molecule has 1 atom stereocenters. The Morgan fingerprint density at radius 1 is 1.44 bits per heavy atom. The van der Waals surface area contributed by atoms with Crippen molar-refractivity contribution in [3.63, 3.8) is 0 Å². The molecular formula is C10H10O5S. The number of phenols is 1. The highest BCUT2D eigenvalue weighted by Gasteiger charge is 2.38. The predicted octanol–water partition coefficient (Wildman–Crippen LogP) is 0.565. The molecule has 0 amide bonds. The van der Waals surface area contributed by atoms with E-state index in [-0.39, 0.29) is 17.1 Å². The fourth-order valence-electron chi connectivity index (χ4n) is 1.91. The van der Waals surface area contributed by atoms with E-state index in [9.17, 15) is 18.3 Å². The van der Waals surface area contributed by atoms with Crippen LogP contribution in [0, 0.1) is 0 Å². The number of benzene rings is 1. The minimum atomic E-state index is -3.55. The van der Waals surface area contributed by atoms with Crippen molar-refractivity contribution < 1.29 is 23.4 Å². The molecule has 1 heterocycles. The van der Waals surface area contributed by atoms with Gasteiger partial charge in [-0.2, -0.15) is 0 Å². The minimum Gasteiger partial charge on any atom is -0.508 e. The second-order valence-electron chi connectivity index (χ2n) is 3.76. The van der Waals surface area contributed by atoms with Crippen molar-refractivity contribution in [1.29, 1.82) is 0 Å². The normalized spacial score (nSPS) is 21.6. The molecule has 1 aliphatic rings. The first-order chi connectivity index (χ1) is 7.41. The molecular weight excluding hydrogens is 232 g/mol. The van der Waals surface area contributed by atoms with Crippen molar-refractivity contribution in [2.24, 2.45) is 0 Å². The van der Waals surface area contributed by atoms with Crippen LogP contribution in [0.1, 0.15) is 12.0 Å². The number of phenolic OH excluding ortho intramolecular Hbond substituents is 1. The van der Waals surface area contributed by atoms with Crippen LogP contribution in [0.2, 0.25) is 0 Å². The largest absolute Gasteiger partial charge is 0.508 e. The molecule has 6 heteroatoms. The van der Waals surface area contributed by atoms with Crippen molar-refractivity contribution >= 4 is 15.8 Å². The molecule has 1 aromatic carbocycles. The third-order valence-corrected chi connectivity index (χ3v) is 4.86. The van der Waals surface area contributed by atoms with E-state index in [1.165, 1.54) is 18.2 Å². The SMILES string of the molecule is O=C(O)CC1Cc2cc(O)ccc2S1(=O)=O. The second kappa shape index (κ2) is 3.48. The molecule has 2 rings (SSSR count). The molecule has 5 nitrogen and oxygen atoms in total. The molecule has 1 aliphatic heterocycles. The van der Waals surface area contributed by atoms with Crippen molar-refractivity contribution in [3.8, 4) is 5.75 Å². The van der Waals surface area contributed by atoms with Crippen molar-refractivity contribution in [2.45, 2.75) is 23.0 Å². The van der Waals surface area contributed by atoms with E-state index in [2.05, 4.69) is 0 Å². The Labute approximate surface area is 92.3 Å². The lowest BCUT2D eigenvalue weighted by atomic mass is 10.1. The fraction of sp³-hybridized carbons (Fsp3) is 0.300. The Balaban J connectivity index is 2.45. The van der Waals surface area contributed by atoms with E-state index < -0.39 is 27.5 Å². The van der Waals surface area contributed by atoms with Gasteiger partial charge in [0, 0.05) is 0 Å². The van der Waals surface area contributed by atoms with Gasteiger partial charge in [-0.15, -0.1) is 0 Å². The zero-order valence-electron chi connectivity index (χ0n) is 8.25. The van der Waals surface area contributed by atoms with E-state index in [4.69, 9.17) is 5.11 Å². The lowest BCUT2D eigenvalue weighted by molar-refractivity contribution is -0.137. The van der Waals surface area contributed by atoms with E-state index in [1.54, 1.807) is 0 Å². The lowest BCUT2D eigenvalue weighted by Crippen LogP contribution is -2.20. The van der Waals surface area contributed by atoms with Gasteiger partial charge < -0.3 is 10.2 Å². The summed E-state index contributed by atoms with van der Waals surface area (Å²) in [5.41, 5.74) is 0.492. The van der Waals surface area contributed by atoms with Gasteiger partial charge in [-0.25, -0.2) is 8.42 Å². The van der Waals surface area contributed by atoms with E-state index in [1.807, 2.05) is 0 Å². The molecule has 0 saturated carbocycles. The van der Waals surface area contributed by atoms with Gasteiger partial charge >= 0.3 is 5.97 Å². The van der Waals surface area contributed by atoms with Crippen LogP contribution in [-0.4, -0.2) is 29.9 Å². The maximum absolute atomic E-state index is 11.9. The van der Waals surface area contributed by atoms with Crippen LogP contribution >= 0.6 is 0 Å². The molecule has 2 N–H and O–H groups in total. The fourth-order valence-corrected chi connectivity index (χ4v) is 3.80. The first-order valence-corrected chi connectivity index (χ1v) is 6.23. The van der Waals surface area contributed by atoms with Crippen LogP contribution in [0.4, 0.5) is 0 Å². The molecule has 1 unspecified atom stereocenters. The molecule has 16 heavy (non-hydrogen) atoms. The number of carboxylic acids is 1. The van der Waals surface area contributed by atoms with Crippen LogP contribution in [0.5, 0.6) is 5.75 Å². The maximum Gasteiger partial charge on any atom is 0.304 e. The number of hydrogen-bond acceptors (Lipinski definition) is 4. The van der Waals surface area contributed by atoms with Crippen LogP contribution < -0.4 is 0 Å². The molecule has 1 aromatic rings. The van der Waals surface area contributed by atoms with Crippen LogP contribution in [0.3, 0.4) is 0 Å². The molecule has 0 aromatic heterocycles. The smallest absolute Gasteiger partial charge is 0.304 e. The van der Waals surface area contributed by atoms with Gasteiger partial charge in [0.25, 0.3) is 0 Å². The summed E-state index contributed by atoms with van der Waals surface area (Å²) in [6.45, 7) is 0. The number of aliphatic carboxylic acids is 1. The number of hydrogen-bond donors (Lipinski definition) is 2. The number of aromatic hydroxyl groups is 1. The quantitative estimate of drug-likeness (QED) is 0.790. The summed E-state index contributed by atoms with van der Waals surface area (Å²) in [7, 11) is -3.55. The van der Waals surface area contributed by atoms with E-state index in [0.29, 0.717) is 5.56 Å². The summed E-state index contributed by atoms with van der Waals surface area (Å²) in [6.07, 6.45) is -0.254. The third-order valence-electron chi connectivity index (χ3n) is 2.64. The van der Waals surface area contributed by atoms with Crippen LogP contribution in [0.25, 0.3) is 0 Å². The Morgan fingerprint density at radius 2 is 2.12 bits per heavy atom. The predicted molar refractivity (Wildman–Crippen MR) is 55.0 cm³/mol. The molecule has 0 bridgehead atoms. The Bertz CT molecular complexity index is 546. The highest BCUT2D eigenvalue weighted by atomic mass is 32.2. The average Bonchev–Trinajstić information content (AvgIpc) is 2.37. The molecule has 0 fully saturated rings. The van der Waals surface area contributed by atoms with E-state index >= 15 is 0 Å². The molecule has 0 spiro atoms. The highest BCUT2D eigenvalue weighted by molar-refractivity contribution is 7.92. The summed E-state index contributed by atoms with van der Waals surface area (Å²) in [5.74, 6) is -1.14. The topological polar surface area (TPSA) is 91.7 Å². The van der Waals surface area contributed by atoms with Gasteiger partial charge in [-0.05, 0) is 30.2 Å². The van der Waals surface area contributed by atoms with Crippen molar-refractivity contribution in [1.82, 2.24) is 0 Å². The highest BCUT2D eigenvalue weighted by Crippen LogP contribution is 2.34. The Kier molecular flexibility index (Phi) is 2.38. The van der Waals surface area contributed by atoms with Gasteiger partial charge in [-0.1, -0.05) is 0 Å². The molecule has 0 aliphatic carbocycles. The standard InChI is InChI=1S/C10H10O5S/c11-7-1-2-9-6(3-7)4-8(5-10(12)13)16(9,14)15/h1-3,8,11H,4-5H2,(H,12,13). The van der Waals surface area contributed by atoms with Crippen LogP contribution in [0.15, 0.2) is 23.1 Å². The Hall–Kier alpha value is -1.56. The zero-order valence-corrected chi connectivity index (χ0v) is 9.07. The van der Waals surface area contributed by atoms with E-state index in [0.717, 1.165) is 0 Å². The molecule has 0 radical (unpaired) electrons. The van der Waals surface area contributed by atoms with Crippen molar-refractivity contribution in [2.75, 3.05) is 0 Å². The summed E-state index contributed by atoms with van der Waals surface area (Å²) >= 11 is 0. The van der Waals surface area contributed by atoms with Crippen molar-refractivity contribution in [3.05, 3.63) is 23.8 Å². The summed E-state index contributed by atoms with van der Waals surface area (Å²) in [4.78, 5) is 10.7. The monoisotopic (exact) mass is 242 g/mol. The summed E-state index contributed by atoms with van der Waals surface area (Å²) in [5, 5.41) is 16.9. The number of sulfone groups is 1. The first-order valence-electron chi connectivity index (χ1n) is 4.69. The van der Waals surface area contributed by atoms with Gasteiger partial charge in [0.2, 0.25) is 0 Å². The molecule has 86 valence electrons. The minimum absolute atomic E-state index is 0.00933. The van der Waals surface area contributed by atoms with Crippen LogP contribution in [-0.2, 0) is 21.1 Å². The number of carbonyl (C=O) groups is 1. The first kappa shape index (κ1) is 10.9. The molecule has 0 saturated heterocycles. The van der Waals surface area contributed by atoms with Gasteiger partial charge in [-0.3, -0.25) is 4.79 Å². The zero-order chi connectivity index (χ0) is 11.9. The Morgan fingerprint density at radius 3 is 2.75 bits per heavy atom. The number of fused-ring (bicyclic) bond motifs is 1. The summed E-state index contributed by atoms with van der Waals surface area (Å²) < 4.78 is 23.8. The third kappa shape index (κ3) is 1.65. The average molecular weight is 242 g/mol. The second-order valence-corrected chi connectivity index (χ2v) is 5.96. The number of carboxylic acid groups (broad SMARTS) is 1. The number of rotatable bonds is 2. The van der Waals surface area contributed by atoms with Gasteiger partial charge in [0.05, 0.1) is 16.6 Å². The van der Waals surface area contributed by atoms with Gasteiger partial charge in [0.1, 0.15) is 5.75 Å².